The lowest BCUT2D eigenvalue weighted by Crippen LogP contribution is -2.49. The van der Waals surface area contributed by atoms with Crippen molar-refractivity contribution in [2.24, 2.45) is 5.14 Å². The van der Waals surface area contributed by atoms with Crippen LogP contribution < -0.4 is 5.14 Å². The minimum Gasteiger partial charge on any atom is -0.302 e. The maximum absolute atomic E-state index is 11.1. The van der Waals surface area contributed by atoms with Gasteiger partial charge in [-0.05, 0) is 33.4 Å². The molecule has 0 aromatic heterocycles. The summed E-state index contributed by atoms with van der Waals surface area (Å²) in [5.41, 5.74) is 0. The van der Waals surface area contributed by atoms with Crippen molar-refractivity contribution in [2.45, 2.75) is 31.1 Å². The fourth-order valence-corrected chi connectivity index (χ4v) is 2.96. The first-order chi connectivity index (χ1) is 5.43. The summed E-state index contributed by atoms with van der Waals surface area (Å²) in [4.78, 5) is 2.04. The van der Waals surface area contributed by atoms with Crippen LogP contribution in [0.1, 0.15) is 19.8 Å². The molecule has 1 heterocycles. The van der Waals surface area contributed by atoms with E-state index in [4.69, 9.17) is 5.14 Å². The maximum Gasteiger partial charge on any atom is 0.213 e. The number of rotatable bonds is 1. The van der Waals surface area contributed by atoms with Gasteiger partial charge in [0.1, 0.15) is 0 Å². The van der Waals surface area contributed by atoms with Crippen LogP contribution in [-0.2, 0) is 10.0 Å². The molecular weight excluding hydrogens is 176 g/mol. The highest BCUT2D eigenvalue weighted by Gasteiger charge is 2.33. The third-order valence-corrected chi connectivity index (χ3v) is 4.13. The molecule has 1 saturated heterocycles. The van der Waals surface area contributed by atoms with E-state index in [-0.39, 0.29) is 11.3 Å². The highest BCUT2D eigenvalue weighted by Crippen LogP contribution is 2.20. The quantitative estimate of drug-likeness (QED) is 0.623. The van der Waals surface area contributed by atoms with Crippen molar-refractivity contribution >= 4 is 10.0 Å². The number of piperidine rings is 1. The molecule has 0 saturated carbocycles. The van der Waals surface area contributed by atoms with Crippen LogP contribution >= 0.6 is 0 Å². The van der Waals surface area contributed by atoms with Crippen molar-refractivity contribution in [1.82, 2.24) is 4.90 Å². The van der Waals surface area contributed by atoms with Gasteiger partial charge in [0, 0.05) is 6.04 Å². The van der Waals surface area contributed by atoms with Gasteiger partial charge in [-0.1, -0.05) is 0 Å². The normalized spacial score (nSPS) is 33.6. The first kappa shape index (κ1) is 9.95. The molecule has 0 aliphatic carbocycles. The Morgan fingerprint density at radius 2 is 2.08 bits per heavy atom. The first-order valence-electron chi connectivity index (χ1n) is 4.15. The van der Waals surface area contributed by atoms with Crippen LogP contribution in [0, 0.1) is 0 Å². The fraction of sp³-hybridized carbons (Fsp3) is 1.00. The van der Waals surface area contributed by atoms with Crippen molar-refractivity contribution in [3.05, 3.63) is 0 Å². The first-order valence-corrected chi connectivity index (χ1v) is 5.75. The lowest BCUT2D eigenvalue weighted by Gasteiger charge is -2.35. The molecule has 0 spiro atoms. The smallest absolute Gasteiger partial charge is 0.213 e. The Morgan fingerprint density at radius 1 is 1.50 bits per heavy atom. The fourth-order valence-electron chi connectivity index (χ4n) is 1.71. The third-order valence-electron chi connectivity index (χ3n) is 2.65. The van der Waals surface area contributed by atoms with Crippen LogP contribution in [0.4, 0.5) is 0 Å². The molecule has 5 heteroatoms. The van der Waals surface area contributed by atoms with Gasteiger partial charge in [-0.15, -0.1) is 0 Å². The summed E-state index contributed by atoms with van der Waals surface area (Å²) < 4.78 is 22.2. The van der Waals surface area contributed by atoms with Crippen molar-refractivity contribution in [3.8, 4) is 0 Å². The number of likely N-dealkylation sites (tertiary alicyclic amines) is 1. The topological polar surface area (TPSA) is 63.4 Å². The van der Waals surface area contributed by atoms with Crippen molar-refractivity contribution in [3.63, 3.8) is 0 Å². The molecule has 2 N–H and O–H groups in total. The number of primary sulfonamides is 1. The molecule has 0 aromatic rings. The van der Waals surface area contributed by atoms with E-state index in [0.717, 1.165) is 13.0 Å². The number of nitrogens with two attached hydrogens (primary N) is 1. The standard InChI is InChI=1S/C7H16N2O2S/c1-6-7(12(8,10)11)4-3-5-9(6)2/h6-7H,3-5H2,1-2H3,(H2,8,10,11). The van der Waals surface area contributed by atoms with E-state index in [1.165, 1.54) is 0 Å². The third kappa shape index (κ3) is 1.97. The van der Waals surface area contributed by atoms with Gasteiger partial charge < -0.3 is 4.90 Å². The molecule has 1 fully saturated rings. The summed E-state index contributed by atoms with van der Waals surface area (Å²) in [7, 11) is -1.42. The average molecular weight is 192 g/mol. The van der Waals surface area contributed by atoms with Gasteiger partial charge in [0.25, 0.3) is 0 Å². The number of sulfonamides is 1. The van der Waals surface area contributed by atoms with Gasteiger partial charge >= 0.3 is 0 Å². The van der Waals surface area contributed by atoms with Gasteiger partial charge in [-0.25, -0.2) is 13.6 Å². The second kappa shape index (κ2) is 3.32. The van der Waals surface area contributed by atoms with E-state index >= 15 is 0 Å². The summed E-state index contributed by atoms with van der Waals surface area (Å²) in [6, 6.07) is 0.0498. The van der Waals surface area contributed by atoms with Crippen LogP contribution in [0.2, 0.25) is 0 Å². The van der Waals surface area contributed by atoms with E-state index in [0.29, 0.717) is 6.42 Å². The predicted octanol–water partition coefficient (Wildman–Crippen LogP) is -0.242. The maximum atomic E-state index is 11.1. The summed E-state index contributed by atoms with van der Waals surface area (Å²) in [6.07, 6.45) is 1.62. The molecule has 1 aliphatic heterocycles. The van der Waals surface area contributed by atoms with Gasteiger partial charge in [-0.3, -0.25) is 0 Å². The zero-order valence-electron chi connectivity index (χ0n) is 7.53. The molecular formula is C7H16N2O2S. The molecule has 0 bridgehead atoms. The van der Waals surface area contributed by atoms with Crippen molar-refractivity contribution in [2.75, 3.05) is 13.6 Å². The van der Waals surface area contributed by atoms with Crippen LogP contribution in [0.5, 0.6) is 0 Å². The van der Waals surface area contributed by atoms with Crippen molar-refractivity contribution in [1.29, 1.82) is 0 Å². The molecule has 12 heavy (non-hydrogen) atoms. The Labute approximate surface area is 73.8 Å². The minimum atomic E-state index is -3.35. The molecule has 0 amide bonds. The van der Waals surface area contributed by atoms with Crippen LogP contribution in [0.15, 0.2) is 0 Å². The summed E-state index contributed by atoms with van der Waals surface area (Å²) in [5, 5.41) is 4.73. The van der Waals surface area contributed by atoms with Crippen LogP contribution in [0.25, 0.3) is 0 Å². The lowest BCUT2D eigenvalue weighted by molar-refractivity contribution is 0.202. The summed E-state index contributed by atoms with van der Waals surface area (Å²) in [6.45, 7) is 2.88. The van der Waals surface area contributed by atoms with E-state index in [1.807, 2.05) is 18.9 Å². The van der Waals surface area contributed by atoms with Crippen molar-refractivity contribution < 1.29 is 8.42 Å². The summed E-state index contributed by atoms with van der Waals surface area (Å²) in [5.74, 6) is 0. The molecule has 4 nitrogen and oxygen atoms in total. The Bertz CT molecular complexity index is 250. The SMILES string of the molecule is CC1C(S(N)(=O)=O)CCCN1C. The monoisotopic (exact) mass is 192 g/mol. The minimum absolute atomic E-state index is 0.0498. The zero-order chi connectivity index (χ0) is 9.35. The van der Waals surface area contributed by atoms with Gasteiger partial charge in [0.05, 0.1) is 5.25 Å². The summed E-state index contributed by atoms with van der Waals surface area (Å²) >= 11 is 0. The number of nitrogens with zero attached hydrogens (tertiary/aromatic N) is 1. The second-order valence-corrected chi connectivity index (χ2v) is 5.27. The Balaban J connectivity index is 2.78. The van der Waals surface area contributed by atoms with E-state index < -0.39 is 10.0 Å². The van der Waals surface area contributed by atoms with E-state index in [1.54, 1.807) is 0 Å². The highest BCUT2D eigenvalue weighted by molar-refractivity contribution is 7.89. The molecule has 2 atom stereocenters. The molecule has 0 aromatic carbocycles. The molecule has 0 radical (unpaired) electrons. The average Bonchev–Trinajstić information content (AvgIpc) is 1.92. The largest absolute Gasteiger partial charge is 0.302 e. The molecule has 1 aliphatic rings. The zero-order valence-corrected chi connectivity index (χ0v) is 8.34. The van der Waals surface area contributed by atoms with E-state index in [2.05, 4.69) is 0 Å². The van der Waals surface area contributed by atoms with Crippen LogP contribution in [0.3, 0.4) is 0 Å². The molecule has 1 rings (SSSR count). The van der Waals surface area contributed by atoms with Gasteiger partial charge in [-0.2, -0.15) is 0 Å². The number of hydrogen-bond acceptors (Lipinski definition) is 3. The molecule has 2 unspecified atom stereocenters. The Morgan fingerprint density at radius 3 is 2.50 bits per heavy atom. The van der Waals surface area contributed by atoms with Crippen LogP contribution in [-0.4, -0.2) is 38.2 Å². The Hall–Kier alpha value is -0.130. The van der Waals surface area contributed by atoms with E-state index in [9.17, 15) is 8.42 Å². The Kier molecular flexibility index (Phi) is 2.75. The second-order valence-electron chi connectivity index (χ2n) is 3.49. The lowest BCUT2D eigenvalue weighted by atomic mass is 10.0. The highest BCUT2D eigenvalue weighted by atomic mass is 32.2. The predicted molar refractivity (Wildman–Crippen MR) is 48.2 cm³/mol. The van der Waals surface area contributed by atoms with Gasteiger partial charge in [0.2, 0.25) is 10.0 Å². The number of hydrogen-bond donors (Lipinski definition) is 1. The van der Waals surface area contributed by atoms with Gasteiger partial charge in [0.15, 0.2) is 0 Å². The molecule has 72 valence electrons.